The van der Waals surface area contributed by atoms with Crippen LogP contribution in [0.15, 0.2) is 29.3 Å². The van der Waals surface area contributed by atoms with Crippen LogP contribution in [0, 0.1) is 0 Å². The molecule has 0 radical (unpaired) electrons. The molecule has 3 amide bonds. The lowest BCUT2D eigenvalue weighted by Gasteiger charge is -2.24. The van der Waals surface area contributed by atoms with E-state index in [2.05, 4.69) is 15.0 Å². The van der Waals surface area contributed by atoms with Gasteiger partial charge in [-0.1, -0.05) is 0 Å². The topological polar surface area (TPSA) is 83.5 Å². The van der Waals surface area contributed by atoms with Crippen molar-refractivity contribution in [3.05, 3.63) is 24.3 Å². The van der Waals surface area contributed by atoms with Crippen LogP contribution in [0.3, 0.4) is 0 Å². The van der Waals surface area contributed by atoms with Crippen molar-refractivity contribution in [2.45, 2.75) is 0 Å². The summed E-state index contributed by atoms with van der Waals surface area (Å²) >= 11 is 0. The number of benzene rings is 1. The molecule has 0 saturated heterocycles. The van der Waals surface area contributed by atoms with Crippen molar-refractivity contribution in [2.24, 2.45) is 4.99 Å². The minimum Gasteiger partial charge on any atom is -0.497 e. The standard InChI is InChI=1S/C14H20N4O4/c1-17(2)12(16-14(20)22-5)18(3)13(19)15-10-6-8-11(21-4)9-7-10/h6-9H,1-5H3,(H,15,19). The number of urea groups is 1. The monoisotopic (exact) mass is 308 g/mol. The van der Waals surface area contributed by atoms with Gasteiger partial charge in [-0.2, -0.15) is 0 Å². The maximum absolute atomic E-state index is 12.2. The van der Waals surface area contributed by atoms with Gasteiger partial charge in [-0.05, 0) is 24.3 Å². The highest BCUT2D eigenvalue weighted by atomic mass is 16.5. The summed E-state index contributed by atoms with van der Waals surface area (Å²) in [5.74, 6) is 0.838. The van der Waals surface area contributed by atoms with Gasteiger partial charge in [-0.15, -0.1) is 4.99 Å². The summed E-state index contributed by atoms with van der Waals surface area (Å²) in [5, 5.41) is 2.69. The fraction of sp³-hybridized carbons (Fsp3) is 0.357. The van der Waals surface area contributed by atoms with Crippen molar-refractivity contribution < 1.29 is 19.1 Å². The summed E-state index contributed by atoms with van der Waals surface area (Å²) in [6.45, 7) is 0. The zero-order valence-electron chi connectivity index (χ0n) is 13.3. The number of guanidine groups is 1. The Balaban J connectivity index is 2.84. The second-order valence-corrected chi connectivity index (χ2v) is 4.49. The van der Waals surface area contributed by atoms with Gasteiger partial charge < -0.3 is 19.7 Å². The minimum absolute atomic E-state index is 0.151. The number of methoxy groups -OCH3 is 2. The Kier molecular flexibility index (Phi) is 6.18. The summed E-state index contributed by atoms with van der Waals surface area (Å²) in [6, 6.07) is 6.42. The fourth-order valence-corrected chi connectivity index (χ4v) is 1.57. The van der Waals surface area contributed by atoms with Crippen LogP contribution in [-0.2, 0) is 4.74 Å². The molecule has 0 atom stereocenters. The van der Waals surface area contributed by atoms with Gasteiger partial charge in [0.05, 0.1) is 14.2 Å². The molecule has 8 heteroatoms. The van der Waals surface area contributed by atoms with E-state index in [1.54, 1.807) is 45.5 Å². The molecule has 0 aliphatic rings. The number of hydrogen-bond donors (Lipinski definition) is 1. The van der Waals surface area contributed by atoms with E-state index >= 15 is 0 Å². The van der Waals surface area contributed by atoms with Crippen molar-refractivity contribution >= 4 is 23.8 Å². The molecule has 1 N–H and O–H groups in total. The molecule has 1 aromatic carbocycles. The van der Waals surface area contributed by atoms with Crippen molar-refractivity contribution in [1.82, 2.24) is 9.80 Å². The molecule has 1 rings (SSSR count). The number of amides is 3. The maximum atomic E-state index is 12.2. The van der Waals surface area contributed by atoms with Crippen LogP contribution >= 0.6 is 0 Å². The largest absolute Gasteiger partial charge is 0.497 e. The van der Waals surface area contributed by atoms with Crippen molar-refractivity contribution in [2.75, 3.05) is 40.7 Å². The molecule has 0 unspecified atom stereocenters. The van der Waals surface area contributed by atoms with Gasteiger partial charge in [0.2, 0.25) is 5.96 Å². The molecule has 0 fully saturated rings. The Hall–Kier alpha value is -2.77. The van der Waals surface area contributed by atoms with Gasteiger partial charge in [0.1, 0.15) is 5.75 Å². The lowest BCUT2D eigenvalue weighted by Crippen LogP contribution is -2.44. The third-order valence-corrected chi connectivity index (χ3v) is 2.71. The first-order valence-electron chi connectivity index (χ1n) is 6.41. The van der Waals surface area contributed by atoms with E-state index in [9.17, 15) is 9.59 Å². The average molecular weight is 308 g/mol. The predicted molar refractivity (Wildman–Crippen MR) is 83.3 cm³/mol. The molecule has 0 heterocycles. The molecule has 8 nitrogen and oxygen atoms in total. The SMILES string of the molecule is COC(=O)N=C(N(C)C)N(C)C(=O)Nc1ccc(OC)cc1. The quantitative estimate of drug-likeness (QED) is 0.666. The second kappa shape index (κ2) is 7.87. The molecule has 0 saturated carbocycles. The summed E-state index contributed by atoms with van der Waals surface area (Å²) in [7, 11) is 7.61. The van der Waals surface area contributed by atoms with E-state index < -0.39 is 12.1 Å². The van der Waals surface area contributed by atoms with Gasteiger partial charge in [-0.3, -0.25) is 4.90 Å². The first-order chi connectivity index (χ1) is 10.4. The third-order valence-electron chi connectivity index (χ3n) is 2.71. The predicted octanol–water partition coefficient (Wildman–Crippen LogP) is 1.84. The van der Waals surface area contributed by atoms with Crippen molar-refractivity contribution in [1.29, 1.82) is 0 Å². The number of nitrogens with zero attached hydrogens (tertiary/aromatic N) is 3. The van der Waals surface area contributed by atoms with Crippen LogP contribution in [0.2, 0.25) is 0 Å². The third kappa shape index (κ3) is 4.65. The summed E-state index contributed by atoms with van der Waals surface area (Å²) in [5.41, 5.74) is 0.592. The molecule has 0 aliphatic carbocycles. The second-order valence-electron chi connectivity index (χ2n) is 4.49. The smallest absolute Gasteiger partial charge is 0.436 e. The van der Waals surface area contributed by atoms with Gasteiger partial charge >= 0.3 is 12.1 Å². The van der Waals surface area contributed by atoms with Crippen molar-refractivity contribution in [3.8, 4) is 5.75 Å². The average Bonchev–Trinajstić information content (AvgIpc) is 2.51. The van der Waals surface area contributed by atoms with Crippen LogP contribution in [0.25, 0.3) is 0 Å². The highest BCUT2D eigenvalue weighted by Crippen LogP contribution is 2.15. The molecule has 0 aliphatic heterocycles. The molecular formula is C14H20N4O4. The Labute approximate surface area is 129 Å². The van der Waals surface area contributed by atoms with Crippen LogP contribution in [0.1, 0.15) is 0 Å². The van der Waals surface area contributed by atoms with Crippen LogP contribution in [0.4, 0.5) is 15.3 Å². The number of ether oxygens (including phenoxy) is 2. The Morgan fingerprint density at radius 3 is 2.14 bits per heavy atom. The van der Waals surface area contributed by atoms with Crippen molar-refractivity contribution in [3.63, 3.8) is 0 Å². The highest BCUT2D eigenvalue weighted by Gasteiger charge is 2.18. The zero-order valence-corrected chi connectivity index (χ0v) is 13.3. The molecule has 22 heavy (non-hydrogen) atoms. The van der Waals surface area contributed by atoms with Crippen LogP contribution < -0.4 is 10.1 Å². The molecular weight excluding hydrogens is 288 g/mol. The summed E-state index contributed by atoms with van der Waals surface area (Å²) in [6.07, 6.45) is -0.784. The van der Waals surface area contributed by atoms with Gasteiger partial charge in [0.25, 0.3) is 0 Å². The van der Waals surface area contributed by atoms with Gasteiger partial charge in [0.15, 0.2) is 0 Å². The number of nitrogens with one attached hydrogen (secondary N) is 1. The summed E-state index contributed by atoms with van der Waals surface area (Å²) in [4.78, 5) is 29.9. The Bertz CT molecular complexity index is 554. The first-order valence-corrected chi connectivity index (χ1v) is 6.41. The van der Waals surface area contributed by atoms with E-state index in [0.29, 0.717) is 11.4 Å². The lowest BCUT2D eigenvalue weighted by atomic mass is 10.3. The van der Waals surface area contributed by atoms with E-state index in [1.807, 2.05) is 0 Å². The molecule has 1 aromatic rings. The normalized spacial score (nSPS) is 10.7. The van der Waals surface area contributed by atoms with E-state index in [4.69, 9.17) is 4.74 Å². The number of carbonyl (C=O) groups is 2. The van der Waals surface area contributed by atoms with E-state index in [1.165, 1.54) is 24.0 Å². The minimum atomic E-state index is -0.784. The van der Waals surface area contributed by atoms with Gasteiger partial charge in [-0.25, -0.2) is 9.59 Å². The van der Waals surface area contributed by atoms with E-state index in [0.717, 1.165) is 0 Å². The molecule has 0 spiro atoms. The summed E-state index contributed by atoms with van der Waals surface area (Å²) < 4.78 is 9.53. The van der Waals surface area contributed by atoms with E-state index in [-0.39, 0.29) is 5.96 Å². The lowest BCUT2D eigenvalue weighted by molar-refractivity contribution is 0.181. The molecule has 0 aromatic heterocycles. The Morgan fingerprint density at radius 1 is 1.09 bits per heavy atom. The number of carbonyl (C=O) groups excluding carboxylic acids is 2. The highest BCUT2D eigenvalue weighted by molar-refractivity contribution is 6.04. The van der Waals surface area contributed by atoms with Gasteiger partial charge in [0, 0.05) is 26.8 Å². The first kappa shape index (κ1) is 17.3. The molecule has 120 valence electrons. The Morgan fingerprint density at radius 2 is 1.68 bits per heavy atom. The van der Waals surface area contributed by atoms with Crippen LogP contribution in [0.5, 0.6) is 5.75 Å². The zero-order chi connectivity index (χ0) is 16.7. The molecule has 0 bridgehead atoms. The van der Waals surface area contributed by atoms with Crippen LogP contribution in [-0.4, -0.2) is 63.2 Å². The number of aliphatic imine (C=N–C) groups is 1. The number of anilines is 1. The number of rotatable bonds is 2. The fourth-order valence-electron chi connectivity index (χ4n) is 1.57. The maximum Gasteiger partial charge on any atom is 0.436 e. The number of hydrogen-bond acceptors (Lipinski definition) is 4.